The molecule has 3 rings (SSSR count). The Hall–Kier alpha value is -2.30. The molecule has 5 heteroatoms. The highest BCUT2D eigenvalue weighted by atomic mass is 35.5. The Morgan fingerprint density at radius 1 is 1.05 bits per heavy atom. The molecule has 0 amide bonds. The van der Waals surface area contributed by atoms with Gasteiger partial charge in [-0.3, -0.25) is 0 Å². The van der Waals surface area contributed by atoms with Crippen LogP contribution in [0.25, 0.3) is 5.69 Å². The number of phenolic OH excluding ortho intramolecular Hbond substituents is 1. The fourth-order valence-corrected chi connectivity index (χ4v) is 2.40. The Balaban J connectivity index is 1.60. The van der Waals surface area contributed by atoms with Crippen LogP contribution in [-0.4, -0.2) is 14.9 Å². The smallest absolute Gasteiger partial charge is 0.115 e. The number of nitrogens with one attached hydrogen (secondary N) is 1. The van der Waals surface area contributed by atoms with E-state index in [4.69, 9.17) is 11.6 Å². The summed E-state index contributed by atoms with van der Waals surface area (Å²) in [5.41, 5.74) is 2.92. The average Bonchev–Trinajstić information content (AvgIpc) is 2.96. The van der Waals surface area contributed by atoms with Gasteiger partial charge in [0.25, 0.3) is 0 Å². The van der Waals surface area contributed by atoms with Crippen molar-refractivity contribution < 1.29 is 5.11 Å². The van der Waals surface area contributed by atoms with Crippen molar-refractivity contribution >= 4 is 11.6 Å². The van der Waals surface area contributed by atoms with Crippen LogP contribution in [0, 0.1) is 0 Å². The zero-order chi connectivity index (χ0) is 15.4. The molecule has 1 heterocycles. The Morgan fingerprint density at radius 2 is 1.91 bits per heavy atom. The van der Waals surface area contributed by atoms with Crippen LogP contribution in [0.4, 0.5) is 0 Å². The first-order chi connectivity index (χ1) is 10.7. The third kappa shape index (κ3) is 3.67. The number of aromatic hydroxyl groups is 1. The Morgan fingerprint density at radius 3 is 2.73 bits per heavy atom. The van der Waals surface area contributed by atoms with Gasteiger partial charge in [0, 0.05) is 24.3 Å². The summed E-state index contributed by atoms with van der Waals surface area (Å²) in [4.78, 5) is 0. The molecule has 2 N–H and O–H groups in total. The molecule has 0 fully saturated rings. The summed E-state index contributed by atoms with van der Waals surface area (Å²) < 4.78 is 1.80. The Bertz CT molecular complexity index is 770. The van der Waals surface area contributed by atoms with Gasteiger partial charge in [-0.25, -0.2) is 4.68 Å². The van der Waals surface area contributed by atoms with Crippen molar-refractivity contribution in [3.05, 3.63) is 77.1 Å². The number of nitrogens with zero attached hydrogens (tertiary/aromatic N) is 2. The molecular weight excluding hydrogens is 298 g/mol. The second-order valence-corrected chi connectivity index (χ2v) is 5.44. The van der Waals surface area contributed by atoms with Crippen molar-refractivity contribution in [1.82, 2.24) is 15.1 Å². The first kappa shape index (κ1) is 14.6. The Kier molecular flexibility index (Phi) is 4.42. The van der Waals surface area contributed by atoms with Crippen molar-refractivity contribution in [2.24, 2.45) is 0 Å². The average molecular weight is 314 g/mol. The van der Waals surface area contributed by atoms with Gasteiger partial charge in [0.05, 0.1) is 11.4 Å². The van der Waals surface area contributed by atoms with Gasteiger partial charge in [0.1, 0.15) is 5.75 Å². The summed E-state index contributed by atoms with van der Waals surface area (Å²) in [6.07, 6.45) is 1.91. The highest BCUT2D eigenvalue weighted by Gasteiger charge is 2.02. The lowest BCUT2D eigenvalue weighted by Gasteiger charge is -2.04. The van der Waals surface area contributed by atoms with Gasteiger partial charge < -0.3 is 10.4 Å². The van der Waals surface area contributed by atoms with E-state index in [-0.39, 0.29) is 5.75 Å². The van der Waals surface area contributed by atoms with Crippen LogP contribution in [0.5, 0.6) is 5.75 Å². The SMILES string of the molecule is Oc1cccc(CNCc2ccn(-c3cccc(Cl)c3)n2)c1. The van der Waals surface area contributed by atoms with E-state index in [0.717, 1.165) is 16.9 Å². The number of phenols is 1. The normalized spacial score (nSPS) is 10.8. The summed E-state index contributed by atoms with van der Waals surface area (Å²) in [6, 6.07) is 16.8. The predicted molar refractivity (Wildman–Crippen MR) is 87.2 cm³/mol. The summed E-state index contributed by atoms with van der Waals surface area (Å²) in [5.74, 6) is 0.282. The molecule has 112 valence electrons. The van der Waals surface area contributed by atoms with E-state index in [2.05, 4.69) is 10.4 Å². The second kappa shape index (κ2) is 6.64. The molecule has 0 aliphatic rings. The third-order valence-corrected chi connectivity index (χ3v) is 3.50. The summed E-state index contributed by atoms with van der Waals surface area (Å²) in [7, 11) is 0. The van der Waals surface area contributed by atoms with Crippen molar-refractivity contribution in [2.75, 3.05) is 0 Å². The first-order valence-electron chi connectivity index (χ1n) is 7.00. The fourth-order valence-electron chi connectivity index (χ4n) is 2.22. The van der Waals surface area contributed by atoms with Crippen molar-refractivity contribution in [3.8, 4) is 11.4 Å². The van der Waals surface area contributed by atoms with Crippen LogP contribution in [0.3, 0.4) is 0 Å². The molecule has 0 radical (unpaired) electrons. The molecule has 4 nitrogen and oxygen atoms in total. The van der Waals surface area contributed by atoms with Gasteiger partial charge >= 0.3 is 0 Å². The number of aromatic nitrogens is 2. The number of hydrogen-bond acceptors (Lipinski definition) is 3. The third-order valence-electron chi connectivity index (χ3n) is 3.26. The van der Waals surface area contributed by atoms with Crippen molar-refractivity contribution in [2.45, 2.75) is 13.1 Å². The molecule has 22 heavy (non-hydrogen) atoms. The molecular formula is C17H16ClN3O. The van der Waals surface area contributed by atoms with E-state index < -0.39 is 0 Å². The minimum Gasteiger partial charge on any atom is -0.508 e. The summed E-state index contributed by atoms with van der Waals surface area (Å²) >= 11 is 5.99. The molecule has 0 aliphatic carbocycles. The number of rotatable bonds is 5. The number of hydrogen-bond donors (Lipinski definition) is 2. The van der Waals surface area contributed by atoms with E-state index in [0.29, 0.717) is 18.1 Å². The lowest BCUT2D eigenvalue weighted by atomic mass is 10.2. The van der Waals surface area contributed by atoms with Crippen LogP contribution in [0.15, 0.2) is 60.8 Å². The molecule has 0 saturated heterocycles. The van der Waals surface area contributed by atoms with E-state index in [1.165, 1.54) is 0 Å². The minimum absolute atomic E-state index is 0.282. The second-order valence-electron chi connectivity index (χ2n) is 5.00. The van der Waals surface area contributed by atoms with Crippen molar-refractivity contribution in [3.63, 3.8) is 0 Å². The standard InChI is InChI=1S/C17H16ClN3O/c18-14-4-2-5-16(10-14)21-8-7-15(20-21)12-19-11-13-3-1-6-17(22)9-13/h1-10,19,22H,11-12H2. The van der Waals surface area contributed by atoms with Gasteiger partial charge in [0.2, 0.25) is 0 Å². The van der Waals surface area contributed by atoms with Crippen molar-refractivity contribution in [1.29, 1.82) is 0 Å². The van der Waals surface area contributed by atoms with Gasteiger partial charge in [-0.2, -0.15) is 5.10 Å². The van der Waals surface area contributed by atoms with Gasteiger partial charge in [0.15, 0.2) is 0 Å². The molecule has 0 saturated carbocycles. The summed E-state index contributed by atoms with van der Waals surface area (Å²) in [6.45, 7) is 1.33. The summed E-state index contributed by atoms with van der Waals surface area (Å²) in [5, 5.41) is 17.9. The molecule has 1 aromatic heterocycles. The van der Waals surface area contributed by atoms with Gasteiger partial charge in [-0.05, 0) is 42.0 Å². The van der Waals surface area contributed by atoms with Crippen LogP contribution < -0.4 is 5.32 Å². The molecule has 0 unspecified atom stereocenters. The maximum atomic E-state index is 9.43. The molecule has 0 bridgehead atoms. The van der Waals surface area contributed by atoms with Crippen LogP contribution in [-0.2, 0) is 13.1 Å². The lowest BCUT2D eigenvalue weighted by Crippen LogP contribution is -2.13. The maximum Gasteiger partial charge on any atom is 0.115 e. The number of halogens is 1. The topological polar surface area (TPSA) is 50.1 Å². The molecule has 0 spiro atoms. The Labute approximate surface area is 134 Å². The fraction of sp³-hybridized carbons (Fsp3) is 0.118. The van der Waals surface area contributed by atoms with Gasteiger partial charge in [-0.15, -0.1) is 0 Å². The maximum absolute atomic E-state index is 9.43. The molecule has 0 atom stereocenters. The monoisotopic (exact) mass is 313 g/mol. The molecule has 0 aliphatic heterocycles. The van der Waals surface area contributed by atoms with Crippen LogP contribution >= 0.6 is 11.6 Å². The zero-order valence-corrected chi connectivity index (χ0v) is 12.7. The highest BCUT2D eigenvalue weighted by molar-refractivity contribution is 6.30. The van der Waals surface area contributed by atoms with Crippen LogP contribution in [0.1, 0.15) is 11.3 Å². The first-order valence-corrected chi connectivity index (χ1v) is 7.37. The quantitative estimate of drug-likeness (QED) is 0.757. The van der Waals surface area contributed by atoms with Gasteiger partial charge in [-0.1, -0.05) is 29.8 Å². The largest absolute Gasteiger partial charge is 0.508 e. The van der Waals surface area contributed by atoms with E-state index in [1.807, 2.05) is 48.7 Å². The molecule has 2 aromatic carbocycles. The lowest BCUT2D eigenvalue weighted by molar-refractivity contribution is 0.474. The highest BCUT2D eigenvalue weighted by Crippen LogP contribution is 2.14. The zero-order valence-electron chi connectivity index (χ0n) is 11.9. The van der Waals surface area contributed by atoms with E-state index >= 15 is 0 Å². The van der Waals surface area contributed by atoms with Crippen LogP contribution in [0.2, 0.25) is 5.02 Å². The predicted octanol–water partition coefficient (Wildman–Crippen LogP) is 3.52. The minimum atomic E-state index is 0.282. The van der Waals surface area contributed by atoms with E-state index in [1.54, 1.807) is 16.8 Å². The molecule has 3 aromatic rings. The number of benzene rings is 2. The van der Waals surface area contributed by atoms with E-state index in [9.17, 15) is 5.11 Å².